The van der Waals surface area contributed by atoms with E-state index in [0.717, 1.165) is 23.4 Å². The van der Waals surface area contributed by atoms with Crippen LogP contribution in [0.2, 0.25) is 0 Å². The Hall–Kier alpha value is -2.25. The number of amides is 1. The summed E-state index contributed by atoms with van der Waals surface area (Å²) < 4.78 is 0. The van der Waals surface area contributed by atoms with Crippen LogP contribution in [0.25, 0.3) is 0 Å². The second-order valence-corrected chi connectivity index (χ2v) is 6.27. The van der Waals surface area contributed by atoms with Gasteiger partial charge in [-0.05, 0) is 36.2 Å². The summed E-state index contributed by atoms with van der Waals surface area (Å²) in [4.78, 5) is 15.5. The molecule has 2 aromatic rings. The quantitative estimate of drug-likeness (QED) is 0.721. The minimum absolute atomic E-state index is 0.144. The van der Waals surface area contributed by atoms with Crippen molar-refractivity contribution >= 4 is 17.7 Å². The molecule has 0 bridgehead atoms. The van der Waals surface area contributed by atoms with Crippen molar-refractivity contribution in [3.63, 3.8) is 0 Å². The fourth-order valence-electron chi connectivity index (χ4n) is 2.22. The third-order valence-corrected chi connectivity index (χ3v) is 4.41. The van der Waals surface area contributed by atoms with Gasteiger partial charge in [-0.15, -0.1) is 11.8 Å². The largest absolute Gasteiger partial charge is 0.338 e. The summed E-state index contributed by atoms with van der Waals surface area (Å²) in [6.45, 7) is 3.41. The van der Waals surface area contributed by atoms with E-state index in [1.54, 1.807) is 23.9 Å². The fraction of sp³-hybridized carbons (Fsp3) is 0.263. The highest BCUT2D eigenvalue weighted by Gasteiger charge is 2.13. The van der Waals surface area contributed by atoms with E-state index in [1.807, 2.05) is 47.4 Å². The first-order valence-corrected chi connectivity index (χ1v) is 8.66. The van der Waals surface area contributed by atoms with E-state index >= 15 is 0 Å². The van der Waals surface area contributed by atoms with Gasteiger partial charge >= 0.3 is 0 Å². The van der Waals surface area contributed by atoms with Gasteiger partial charge in [-0.2, -0.15) is 5.26 Å². The van der Waals surface area contributed by atoms with Crippen molar-refractivity contribution in [1.29, 1.82) is 5.26 Å². The molecule has 118 valence electrons. The summed E-state index contributed by atoms with van der Waals surface area (Å²) in [6.07, 6.45) is 0.929. The molecule has 0 radical (unpaired) electrons. The van der Waals surface area contributed by atoms with Gasteiger partial charge in [0.25, 0.3) is 0 Å². The highest BCUT2D eigenvalue weighted by Crippen LogP contribution is 2.18. The van der Waals surface area contributed by atoms with E-state index in [4.69, 9.17) is 5.26 Å². The maximum absolute atomic E-state index is 12.5. The summed E-state index contributed by atoms with van der Waals surface area (Å²) in [6, 6.07) is 19.5. The van der Waals surface area contributed by atoms with Crippen LogP contribution in [0.1, 0.15) is 24.5 Å². The second kappa shape index (κ2) is 9.02. The predicted octanol–water partition coefficient (Wildman–Crippen LogP) is 4.09. The van der Waals surface area contributed by atoms with Gasteiger partial charge in [0.1, 0.15) is 0 Å². The smallest absolute Gasteiger partial charge is 0.233 e. The Morgan fingerprint density at radius 3 is 2.43 bits per heavy atom. The number of carbonyl (C=O) groups is 1. The molecule has 0 atom stereocenters. The third kappa shape index (κ3) is 5.46. The summed E-state index contributed by atoms with van der Waals surface area (Å²) in [7, 11) is 0. The van der Waals surface area contributed by atoms with Crippen molar-refractivity contribution in [2.75, 3.05) is 12.3 Å². The molecule has 0 unspecified atom stereocenters. The van der Waals surface area contributed by atoms with Gasteiger partial charge in [-0.1, -0.05) is 37.3 Å². The average molecular weight is 324 g/mol. The highest BCUT2D eigenvalue weighted by molar-refractivity contribution is 8.00. The molecule has 2 aromatic carbocycles. The van der Waals surface area contributed by atoms with Gasteiger partial charge in [0.2, 0.25) is 5.91 Å². The number of carbonyl (C=O) groups excluding carboxylic acids is 1. The SMILES string of the molecule is CCCN(Cc1ccc(C#N)cc1)C(=O)CSc1ccccc1. The van der Waals surface area contributed by atoms with Crippen LogP contribution in [0.3, 0.4) is 0 Å². The van der Waals surface area contributed by atoms with Crippen LogP contribution in [0, 0.1) is 11.3 Å². The first-order valence-electron chi connectivity index (χ1n) is 7.67. The fourth-order valence-corrected chi connectivity index (χ4v) is 3.04. The van der Waals surface area contributed by atoms with E-state index in [0.29, 0.717) is 17.9 Å². The summed E-state index contributed by atoms with van der Waals surface area (Å²) >= 11 is 1.57. The predicted molar refractivity (Wildman–Crippen MR) is 94.0 cm³/mol. The standard InChI is InChI=1S/C19H20N2OS/c1-2-12-21(14-17-10-8-16(13-20)9-11-17)19(22)15-23-18-6-4-3-5-7-18/h3-11H,2,12,14-15H2,1H3. The minimum atomic E-state index is 0.144. The number of benzene rings is 2. The second-order valence-electron chi connectivity index (χ2n) is 5.23. The van der Waals surface area contributed by atoms with Crippen LogP contribution < -0.4 is 0 Å². The average Bonchev–Trinajstić information content (AvgIpc) is 2.61. The monoisotopic (exact) mass is 324 g/mol. The van der Waals surface area contributed by atoms with E-state index in [9.17, 15) is 4.79 Å². The first-order chi connectivity index (χ1) is 11.2. The Kier molecular flexibility index (Phi) is 6.71. The maximum atomic E-state index is 12.5. The van der Waals surface area contributed by atoms with Crippen molar-refractivity contribution < 1.29 is 4.79 Å². The van der Waals surface area contributed by atoms with E-state index in [2.05, 4.69) is 13.0 Å². The molecule has 4 heteroatoms. The number of nitrogens with zero attached hydrogens (tertiary/aromatic N) is 2. The Bertz CT molecular complexity index is 662. The Morgan fingerprint density at radius 1 is 1.13 bits per heavy atom. The highest BCUT2D eigenvalue weighted by atomic mass is 32.2. The number of hydrogen-bond acceptors (Lipinski definition) is 3. The van der Waals surface area contributed by atoms with E-state index < -0.39 is 0 Å². The van der Waals surface area contributed by atoms with Crippen LogP contribution in [0.5, 0.6) is 0 Å². The lowest BCUT2D eigenvalue weighted by atomic mass is 10.1. The molecule has 0 spiro atoms. The summed E-state index contributed by atoms with van der Waals surface area (Å²) in [5, 5.41) is 8.84. The number of thioether (sulfide) groups is 1. The van der Waals surface area contributed by atoms with Crippen LogP contribution in [-0.2, 0) is 11.3 Å². The Morgan fingerprint density at radius 2 is 1.83 bits per heavy atom. The third-order valence-electron chi connectivity index (χ3n) is 3.41. The summed E-state index contributed by atoms with van der Waals surface area (Å²) in [5.74, 6) is 0.588. The van der Waals surface area contributed by atoms with Crippen molar-refractivity contribution in [1.82, 2.24) is 4.90 Å². The molecular formula is C19H20N2OS. The number of nitriles is 1. The zero-order valence-electron chi connectivity index (χ0n) is 13.2. The molecule has 0 aliphatic carbocycles. The first kappa shape index (κ1) is 17.1. The van der Waals surface area contributed by atoms with Gasteiger partial charge in [0.15, 0.2) is 0 Å². The topological polar surface area (TPSA) is 44.1 Å². The van der Waals surface area contributed by atoms with Gasteiger partial charge < -0.3 is 4.90 Å². The normalized spacial score (nSPS) is 10.1. The van der Waals surface area contributed by atoms with Crippen molar-refractivity contribution in [2.45, 2.75) is 24.8 Å². The molecule has 0 heterocycles. The van der Waals surface area contributed by atoms with Gasteiger partial charge in [-0.3, -0.25) is 4.79 Å². The molecule has 0 saturated carbocycles. The molecule has 1 amide bonds. The molecule has 0 N–H and O–H groups in total. The molecule has 0 fully saturated rings. The number of hydrogen-bond donors (Lipinski definition) is 0. The van der Waals surface area contributed by atoms with Gasteiger partial charge in [-0.25, -0.2) is 0 Å². The minimum Gasteiger partial charge on any atom is -0.338 e. The Balaban J connectivity index is 1.96. The van der Waals surface area contributed by atoms with Gasteiger partial charge in [0.05, 0.1) is 17.4 Å². The molecule has 2 rings (SSSR count). The summed E-state index contributed by atoms with van der Waals surface area (Å²) in [5.41, 5.74) is 1.69. The van der Waals surface area contributed by atoms with Crippen LogP contribution >= 0.6 is 11.8 Å². The lowest BCUT2D eigenvalue weighted by Gasteiger charge is -2.22. The zero-order chi connectivity index (χ0) is 16.5. The number of rotatable bonds is 7. The molecule has 3 nitrogen and oxygen atoms in total. The lowest BCUT2D eigenvalue weighted by Crippen LogP contribution is -2.32. The molecule has 0 aliphatic heterocycles. The van der Waals surface area contributed by atoms with Crippen molar-refractivity contribution in [3.05, 3.63) is 65.7 Å². The zero-order valence-corrected chi connectivity index (χ0v) is 14.1. The molecule has 23 heavy (non-hydrogen) atoms. The molecule has 0 aromatic heterocycles. The molecular weight excluding hydrogens is 304 g/mol. The molecule has 0 aliphatic rings. The van der Waals surface area contributed by atoms with Crippen molar-refractivity contribution in [2.24, 2.45) is 0 Å². The van der Waals surface area contributed by atoms with E-state index in [1.165, 1.54) is 0 Å². The van der Waals surface area contributed by atoms with Crippen molar-refractivity contribution in [3.8, 4) is 6.07 Å². The van der Waals surface area contributed by atoms with Gasteiger partial charge in [0, 0.05) is 18.0 Å². The van der Waals surface area contributed by atoms with Crippen LogP contribution in [0.15, 0.2) is 59.5 Å². The van der Waals surface area contributed by atoms with Crippen LogP contribution in [-0.4, -0.2) is 23.1 Å². The van der Waals surface area contributed by atoms with E-state index in [-0.39, 0.29) is 5.91 Å². The maximum Gasteiger partial charge on any atom is 0.233 e. The molecule has 0 saturated heterocycles. The Labute approximate surface area is 141 Å². The van der Waals surface area contributed by atoms with Crippen LogP contribution in [0.4, 0.5) is 0 Å². The lowest BCUT2D eigenvalue weighted by molar-refractivity contribution is -0.129.